The smallest absolute Gasteiger partial charge is 0.151 e. The lowest BCUT2D eigenvalue weighted by Crippen LogP contribution is -2.19. The van der Waals surface area contributed by atoms with Crippen LogP contribution in [-0.4, -0.2) is 0 Å². The zero-order valence-corrected chi connectivity index (χ0v) is 29.8. The number of ether oxygens (including phenoxy) is 1. The number of benzene rings is 8. The van der Waals surface area contributed by atoms with E-state index in [4.69, 9.17) is 4.74 Å². The Bertz CT molecular complexity index is 2650. The van der Waals surface area contributed by atoms with Gasteiger partial charge in [-0.2, -0.15) is 0 Å². The molecular formula is C50H37NO. The van der Waals surface area contributed by atoms with E-state index in [0.29, 0.717) is 0 Å². The molecule has 248 valence electrons. The summed E-state index contributed by atoms with van der Waals surface area (Å²) >= 11 is 0. The quantitative estimate of drug-likeness (QED) is 0.182. The Morgan fingerprint density at radius 1 is 0.423 bits per heavy atom. The summed E-state index contributed by atoms with van der Waals surface area (Å²) in [5.74, 6) is 1.78. The maximum absolute atomic E-state index is 7.09. The highest BCUT2D eigenvalue weighted by atomic mass is 16.5. The fourth-order valence-electron chi connectivity index (χ4n) is 9.51. The highest BCUT2D eigenvalue weighted by Gasteiger charge is 2.42. The molecule has 8 aromatic carbocycles. The largest absolute Gasteiger partial charge is 0.453 e. The summed E-state index contributed by atoms with van der Waals surface area (Å²) in [5, 5.41) is 5.13. The molecule has 0 amide bonds. The molecule has 52 heavy (non-hydrogen) atoms. The normalized spacial score (nSPS) is 15.3. The predicted octanol–water partition coefficient (Wildman–Crippen LogP) is 13.8. The van der Waals surface area contributed by atoms with Gasteiger partial charge in [0.1, 0.15) is 0 Å². The van der Waals surface area contributed by atoms with E-state index in [1.165, 1.54) is 77.2 Å². The minimum Gasteiger partial charge on any atom is -0.453 e. The topological polar surface area (TPSA) is 12.5 Å². The molecule has 0 aromatic heterocycles. The van der Waals surface area contributed by atoms with Crippen molar-refractivity contribution < 1.29 is 4.74 Å². The van der Waals surface area contributed by atoms with Gasteiger partial charge in [-0.25, -0.2) is 0 Å². The van der Waals surface area contributed by atoms with Crippen LogP contribution in [0.3, 0.4) is 0 Å². The third-order valence-electron chi connectivity index (χ3n) is 12.2. The zero-order chi connectivity index (χ0) is 34.9. The molecule has 0 saturated carbocycles. The summed E-state index contributed by atoms with van der Waals surface area (Å²) in [7, 11) is 0. The highest BCUT2D eigenvalue weighted by Crippen LogP contribution is 2.61. The summed E-state index contributed by atoms with van der Waals surface area (Å²) in [6.07, 6.45) is 0. The molecule has 0 atom stereocenters. The number of hydrogen-bond acceptors (Lipinski definition) is 2. The van der Waals surface area contributed by atoms with Gasteiger partial charge < -0.3 is 9.64 Å². The first-order valence-corrected chi connectivity index (χ1v) is 18.3. The molecule has 0 bridgehead atoms. The van der Waals surface area contributed by atoms with Crippen molar-refractivity contribution in [1.29, 1.82) is 0 Å². The van der Waals surface area contributed by atoms with Crippen LogP contribution in [0.1, 0.15) is 49.9 Å². The number of nitrogens with zero attached hydrogens (tertiary/aromatic N) is 1. The first kappa shape index (κ1) is 29.6. The Morgan fingerprint density at radius 3 is 1.40 bits per heavy atom. The number of rotatable bonds is 2. The summed E-state index contributed by atoms with van der Waals surface area (Å²) < 4.78 is 7.09. The van der Waals surface area contributed by atoms with Crippen molar-refractivity contribution in [3.8, 4) is 44.9 Å². The van der Waals surface area contributed by atoms with Crippen molar-refractivity contribution in [2.75, 3.05) is 4.90 Å². The molecule has 0 spiro atoms. The summed E-state index contributed by atoms with van der Waals surface area (Å²) in [4.78, 5) is 2.44. The van der Waals surface area contributed by atoms with Crippen LogP contribution in [-0.2, 0) is 10.8 Å². The van der Waals surface area contributed by atoms with Crippen LogP contribution < -0.4 is 9.64 Å². The van der Waals surface area contributed by atoms with E-state index >= 15 is 0 Å². The molecule has 0 unspecified atom stereocenters. The highest BCUT2D eigenvalue weighted by molar-refractivity contribution is 6.06. The van der Waals surface area contributed by atoms with Crippen molar-refractivity contribution in [2.24, 2.45) is 0 Å². The number of anilines is 3. The van der Waals surface area contributed by atoms with Gasteiger partial charge in [-0.3, -0.25) is 0 Å². The second kappa shape index (κ2) is 10.2. The fraction of sp³-hybridized carbons (Fsp3) is 0.120. The molecule has 11 rings (SSSR count). The number of hydrogen-bond donors (Lipinski definition) is 0. The standard InChI is InChI=1S/C50H37NO/c1-49(2)39-24-20-32-14-8-10-16-35(32)47(39)37-26-43-45(28-41(37)49)52-46-29-42-38(48-36-17-11-9-15-33(36)21-25-40(48)50(42,3)4)27-44(46)51(43)34-22-18-31(19-23-34)30-12-6-5-7-13-30/h5-29H,1-4H3. The van der Waals surface area contributed by atoms with E-state index in [9.17, 15) is 0 Å². The van der Waals surface area contributed by atoms with Crippen LogP contribution in [0.5, 0.6) is 11.5 Å². The van der Waals surface area contributed by atoms with Gasteiger partial charge in [-0.1, -0.05) is 143 Å². The van der Waals surface area contributed by atoms with Crippen molar-refractivity contribution in [1.82, 2.24) is 0 Å². The Balaban J connectivity index is 1.18. The van der Waals surface area contributed by atoms with Gasteiger partial charge in [0.05, 0.1) is 11.4 Å². The molecule has 0 fully saturated rings. The van der Waals surface area contributed by atoms with Crippen LogP contribution >= 0.6 is 0 Å². The van der Waals surface area contributed by atoms with E-state index in [-0.39, 0.29) is 10.8 Å². The predicted molar refractivity (Wildman–Crippen MR) is 217 cm³/mol. The molecule has 2 nitrogen and oxygen atoms in total. The van der Waals surface area contributed by atoms with Gasteiger partial charge in [-0.05, 0) is 114 Å². The van der Waals surface area contributed by atoms with Crippen molar-refractivity contribution >= 4 is 38.6 Å². The van der Waals surface area contributed by atoms with Crippen LogP contribution in [0.2, 0.25) is 0 Å². The molecule has 2 aliphatic carbocycles. The average Bonchev–Trinajstić information content (AvgIpc) is 3.54. The molecular weight excluding hydrogens is 631 g/mol. The van der Waals surface area contributed by atoms with E-state index in [0.717, 1.165) is 28.6 Å². The zero-order valence-electron chi connectivity index (χ0n) is 29.8. The third kappa shape index (κ3) is 3.90. The van der Waals surface area contributed by atoms with Crippen molar-refractivity contribution in [2.45, 2.75) is 38.5 Å². The Kier molecular flexibility index (Phi) is 5.83. The van der Waals surface area contributed by atoms with Crippen LogP contribution in [0.15, 0.2) is 152 Å². The van der Waals surface area contributed by atoms with Crippen molar-refractivity contribution in [3.63, 3.8) is 0 Å². The van der Waals surface area contributed by atoms with E-state index in [2.05, 4.69) is 184 Å². The summed E-state index contributed by atoms with van der Waals surface area (Å²) in [6, 6.07) is 55.9. The lowest BCUT2D eigenvalue weighted by molar-refractivity contribution is 0.473. The maximum Gasteiger partial charge on any atom is 0.151 e. The first-order valence-electron chi connectivity index (χ1n) is 18.3. The Hall–Kier alpha value is -6.12. The van der Waals surface area contributed by atoms with Gasteiger partial charge in [0.25, 0.3) is 0 Å². The molecule has 8 aromatic rings. The van der Waals surface area contributed by atoms with Crippen LogP contribution in [0.25, 0.3) is 54.9 Å². The second-order valence-corrected chi connectivity index (χ2v) is 15.7. The summed E-state index contributed by atoms with van der Waals surface area (Å²) in [5.41, 5.74) is 15.9. The molecule has 1 aliphatic heterocycles. The maximum atomic E-state index is 7.09. The van der Waals surface area contributed by atoms with E-state index in [1.807, 2.05) is 0 Å². The monoisotopic (exact) mass is 667 g/mol. The first-order chi connectivity index (χ1) is 25.3. The number of fused-ring (bicyclic) bond motifs is 12. The lowest BCUT2D eigenvalue weighted by atomic mass is 9.81. The average molecular weight is 668 g/mol. The SMILES string of the molecule is CC1(C)c2cc3c(cc2-c2c1ccc1ccccc21)N(c1ccc(-c2ccccc2)cc1)c1cc2c(cc1O3)C(C)(C)c1ccc3ccccc3c1-2. The molecule has 3 aliphatic rings. The Labute approximate surface area is 304 Å². The van der Waals surface area contributed by atoms with Gasteiger partial charge in [0.2, 0.25) is 0 Å². The van der Waals surface area contributed by atoms with E-state index < -0.39 is 0 Å². The summed E-state index contributed by atoms with van der Waals surface area (Å²) in [6.45, 7) is 9.42. The van der Waals surface area contributed by atoms with Gasteiger partial charge >= 0.3 is 0 Å². The van der Waals surface area contributed by atoms with Gasteiger partial charge in [0, 0.05) is 16.5 Å². The molecule has 0 N–H and O–H groups in total. The van der Waals surface area contributed by atoms with Crippen LogP contribution in [0.4, 0.5) is 17.1 Å². The minimum atomic E-state index is -0.168. The van der Waals surface area contributed by atoms with Gasteiger partial charge in [-0.15, -0.1) is 0 Å². The third-order valence-corrected chi connectivity index (χ3v) is 12.2. The molecule has 0 saturated heterocycles. The fourth-order valence-corrected chi connectivity index (χ4v) is 9.51. The van der Waals surface area contributed by atoms with Crippen molar-refractivity contribution in [3.05, 3.63) is 174 Å². The molecule has 2 heteroatoms. The minimum absolute atomic E-state index is 0.168. The van der Waals surface area contributed by atoms with Crippen LogP contribution in [0, 0.1) is 0 Å². The van der Waals surface area contributed by atoms with E-state index in [1.54, 1.807) is 0 Å². The lowest BCUT2D eigenvalue weighted by Gasteiger charge is -2.35. The second-order valence-electron chi connectivity index (χ2n) is 15.7. The Morgan fingerprint density at radius 2 is 0.885 bits per heavy atom. The molecule has 1 heterocycles. The molecule has 0 radical (unpaired) electrons. The van der Waals surface area contributed by atoms with Gasteiger partial charge in [0.15, 0.2) is 11.5 Å².